The predicted octanol–water partition coefficient (Wildman–Crippen LogP) is 3.74. The summed E-state index contributed by atoms with van der Waals surface area (Å²) in [6, 6.07) is 4.06. The van der Waals surface area contributed by atoms with Crippen molar-refractivity contribution < 1.29 is 4.79 Å². The Balaban J connectivity index is 1.42. The largest absolute Gasteiger partial charge is 0.297 e. The first-order valence-electron chi connectivity index (χ1n) is 8.38. The van der Waals surface area contributed by atoms with E-state index >= 15 is 0 Å². The van der Waals surface area contributed by atoms with Crippen LogP contribution in [-0.4, -0.2) is 34.3 Å². The molecule has 4 aliphatic rings. The Bertz CT molecular complexity index is 707. The molecule has 3 nitrogen and oxygen atoms in total. The zero-order valence-corrected chi connectivity index (χ0v) is 13.4. The minimum atomic E-state index is 0.353. The number of thiophene rings is 1. The van der Waals surface area contributed by atoms with Crippen LogP contribution in [0.5, 0.6) is 0 Å². The van der Waals surface area contributed by atoms with Crippen molar-refractivity contribution in [3.63, 3.8) is 0 Å². The van der Waals surface area contributed by atoms with Crippen LogP contribution in [0.1, 0.15) is 41.8 Å². The number of hydrogen-bond acceptors (Lipinski definition) is 4. The van der Waals surface area contributed by atoms with E-state index in [1.54, 1.807) is 17.5 Å². The Morgan fingerprint density at radius 1 is 1.36 bits per heavy atom. The maximum Gasteiger partial charge on any atom is 0.173 e. The van der Waals surface area contributed by atoms with Crippen LogP contribution >= 0.6 is 11.3 Å². The molecule has 0 unspecified atom stereocenters. The van der Waals surface area contributed by atoms with E-state index in [0.717, 1.165) is 27.3 Å². The van der Waals surface area contributed by atoms with Crippen molar-refractivity contribution in [2.45, 2.75) is 37.6 Å². The third-order valence-electron chi connectivity index (χ3n) is 6.19. The van der Waals surface area contributed by atoms with E-state index < -0.39 is 0 Å². The van der Waals surface area contributed by atoms with Gasteiger partial charge in [0.05, 0.1) is 9.58 Å². The quantitative estimate of drug-likeness (QED) is 0.809. The summed E-state index contributed by atoms with van der Waals surface area (Å²) < 4.78 is 1.13. The number of piperidine rings is 3. The summed E-state index contributed by atoms with van der Waals surface area (Å²) >= 11 is 1.61. The average molecular weight is 312 g/mol. The number of Topliss-reactive ketones (excluding diaryl/α,β-unsaturated/α-hetero) is 1. The fraction of sp³-hybridized carbons (Fsp3) is 0.556. The zero-order chi connectivity index (χ0) is 14.7. The molecule has 0 aromatic carbocycles. The lowest BCUT2D eigenvalue weighted by molar-refractivity contribution is -0.0273. The van der Waals surface area contributed by atoms with Crippen LogP contribution in [0.2, 0.25) is 0 Å². The Hall–Kier alpha value is -1.26. The second kappa shape index (κ2) is 4.62. The summed E-state index contributed by atoms with van der Waals surface area (Å²) in [6.07, 6.45) is 9.66. The van der Waals surface area contributed by atoms with Gasteiger partial charge in [0.25, 0.3) is 0 Å². The maximum absolute atomic E-state index is 12.8. The fourth-order valence-corrected chi connectivity index (χ4v) is 5.89. The van der Waals surface area contributed by atoms with E-state index in [1.807, 2.05) is 12.3 Å². The third-order valence-corrected chi connectivity index (χ3v) is 7.32. The Kier molecular flexibility index (Phi) is 2.77. The molecule has 3 aliphatic heterocycles. The first-order chi connectivity index (χ1) is 10.8. The molecule has 6 rings (SSSR count). The van der Waals surface area contributed by atoms with Gasteiger partial charge in [-0.05, 0) is 68.1 Å². The highest BCUT2D eigenvalue weighted by Crippen LogP contribution is 2.58. The average Bonchev–Trinajstić information content (AvgIpc) is 3.20. The lowest BCUT2D eigenvalue weighted by Crippen LogP contribution is -2.57. The van der Waals surface area contributed by atoms with Crippen molar-refractivity contribution in [1.29, 1.82) is 0 Å². The number of hydrogen-bond donors (Lipinski definition) is 0. The van der Waals surface area contributed by atoms with Crippen molar-refractivity contribution in [1.82, 2.24) is 9.88 Å². The summed E-state index contributed by atoms with van der Waals surface area (Å²) in [6.45, 7) is 2.54. The standard InChI is InChI=1S/C18H20N2OS/c21-15(16-9-13-1-6-19-11-17(13)22-16)10-14-12-2-7-20(8-3-12)18(14)4-5-18/h1,6,9,11-12,14H,2-5,7-8,10H2/t14-/m1/s1. The van der Waals surface area contributed by atoms with Gasteiger partial charge in [0.1, 0.15) is 0 Å². The van der Waals surface area contributed by atoms with Gasteiger partial charge in [-0.25, -0.2) is 0 Å². The number of rotatable bonds is 3. The molecular formula is C18H20N2OS. The normalized spacial score (nSPS) is 31.7. The molecule has 2 aromatic rings. The number of aromatic nitrogens is 1. The molecule has 1 atom stereocenters. The molecule has 1 spiro atoms. The molecule has 4 heteroatoms. The zero-order valence-electron chi connectivity index (χ0n) is 12.6. The van der Waals surface area contributed by atoms with Crippen molar-refractivity contribution in [3.8, 4) is 0 Å². The van der Waals surface area contributed by atoms with Gasteiger partial charge in [-0.1, -0.05) is 0 Å². The SMILES string of the molecule is O=C(C[C@@H]1C2CCN(CC2)C12CC2)c1cc2ccncc2s1. The van der Waals surface area contributed by atoms with Gasteiger partial charge < -0.3 is 0 Å². The van der Waals surface area contributed by atoms with Crippen LogP contribution in [0.15, 0.2) is 24.5 Å². The molecule has 0 radical (unpaired) electrons. The summed E-state index contributed by atoms with van der Waals surface area (Å²) in [7, 11) is 0. The van der Waals surface area contributed by atoms with Gasteiger partial charge in [0, 0.05) is 24.4 Å². The number of fused-ring (bicyclic) bond motifs is 3. The van der Waals surface area contributed by atoms with Crippen molar-refractivity contribution in [2.75, 3.05) is 13.1 Å². The molecule has 114 valence electrons. The van der Waals surface area contributed by atoms with Crippen LogP contribution in [0, 0.1) is 11.8 Å². The van der Waals surface area contributed by atoms with Gasteiger partial charge in [-0.3, -0.25) is 14.7 Å². The van der Waals surface area contributed by atoms with E-state index in [4.69, 9.17) is 0 Å². The van der Waals surface area contributed by atoms with Crippen LogP contribution in [0.4, 0.5) is 0 Å². The van der Waals surface area contributed by atoms with Crippen molar-refractivity contribution in [3.05, 3.63) is 29.4 Å². The van der Waals surface area contributed by atoms with Crippen molar-refractivity contribution >= 4 is 27.2 Å². The van der Waals surface area contributed by atoms with E-state index in [-0.39, 0.29) is 0 Å². The molecule has 22 heavy (non-hydrogen) atoms. The second-order valence-corrected chi connectivity index (χ2v) is 8.27. The van der Waals surface area contributed by atoms with E-state index in [2.05, 4.69) is 16.0 Å². The number of nitrogens with zero attached hydrogens (tertiary/aromatic N) is 2. The number of carbonyl (C=O) groups excluding carboxylic acids is 1. The topological polar surface area (TPSA) is 33.2 Å². The minimum absolute atomic E-state index is 0.353. The predicted molar refractivity (Wildman–Crippen MR) is 88.3 cm³/mol. The van der Waals surface area contributed by atoms with Crippen LogP contribution < -0.4 is 0 Å². The number of ketones is 1. The fourth-order valence-electron chi connectivity index (χ4n) is 4.91. The first-order valence-corrected chi connectivity index (χ1v) is 9.20. The highest BCUT2D eigenvalue weighted by molar-refractivity contribution is 7.20. The molecule has 2 bridgehead atoms. The van der Waals surface area contributed by atoms with E-state index in [1.165, 1.54) is 38.8 Å². The monoisotopic (exact) mass is 312 g/mol. The Morgan fingerprint density at radius 2 is 2.18 bits per heavy atom. The maximum atomic E-state index is 12.8. The molecule has 4 fully saturated rings. The van der Waals surface area contributed by atoms with Crippen LogP contribution in [0.25, 0.3) is 10.1 Å². The number of pyridine rings is 1. The van der Waals surface area contributed by atoms with E-state index in [0.29, 0.717) is 17.2 Å². The molecule has 5 heterocycles. The van der Waals surface area contributed by atoms with Gasteiger partial charge in [-0.2, -0.15) is 0 Å². The molecule has 2 aromatic heterocycles. The van der Waals surface area contributed by atoms with Gasteiger partial charge in [0.15, 0.2) is 5.78 Å². The van der Waals surface area contributed by atoms with E-state index in [9.17, 15) is 4.79 Å². The smallest absolute Gasteiger partial charge is 0.173 e. The molecular weight excluding hydrogens is 292 g/mol. The molecule has 3 saturated heterocycles. The molecule has 0 amide bonds. The van der Waals surface area contributed by atoms with Gasteiger partial charge >= 0.3 is 0 Å². The third kappa shape index (κ3) is 1.83. The first kappa shape index (κ1) is 13.2. The lowest BCUT2D eigenvalue weighted by Gasteiger charge is -2.52. The van der Waals surface area contributed by atoms with Crippen molar-refractivity contribution in [2.24, 2.45) is 11.8 Å². The summed E-state index contributed by atoms with van der Waals surface area (Å²) in [5, 5.41) is 1.15. The molecule has 1 saturated carbocycles. The minimum Gasteiger partial charge on any atom is -0.297 e. The molecule has 1 aliphatic carbocycles. The highest BCUT2D eigenvalue weighted by Gasteiger charge is 2.60. The van der Waals surface area contributed by atoms with Crippen LogP contribution in [-0.2, 0) is 0 Å². The second-order valence-electron chi connectivity index (χ2n) is 7.19. The summed E-state index contributed by atoms with van der Waals surface area (Å²) in [5.74, 6) is 1.74. The molecule has 0 N–H and O–H groups in total. The highest BCUT2D eigenvalue weighted by atomic mass is 32.1. The van der Waals surface area contributed by atoms with Crippen LogP contribution in [0.3, 0.4) is 0 Å². The van der Waals surface area contributed by atoms with Gasteiger partial charge in [0.2, 0.25) is 0 Å². The Labute approximate surface area is 134 Å². The summed E-state index contributed by atoms with van der Waals surface area (Å²) in [4.78, 5) is 20.6. The lowest BCUT2D eigenvalue weighted by atomic mass is 9.70. The summed E-state index contributed by atoms with van der Waals surface area (Å²) in [5.41, 5.74) is 0.412. The number of carbonyl (C=O) groups is 1. The van der Waals surface area contributed by atoms with Gasteiger partial charge in [-0.15, -0.1) is 11.3 Å². The Morgan fingerprint density at radius 3 is 2.91 bits per heavy atom.